The fourth-order valence-corrected chi connectivity index (χ4v) is 1.58. The van der Waals surface area contributed by atoms with E-state index in [1.165, 1.54) is 25.9 Å². The molecule has 1 unspecified atom stereocenters. The Balaban J connectivity index is 2.60. The SMILES string of the molecule is CC(C#N)[N+]1(C)CCCC1. The molecule has 0 aromatic carbocycles. The van der Waals surface area contributed by atoms with Gasteiger partial charge in [0.25, 0.3) is 0 Å². The van der Waals surface area contributed by atoms with Gasteiger partial charge < -0.3 is 4.48 Å². The number of quaternary nitrogens is 1. The number of nitrogens with zero attached hydrogens (tertiary/aromatic N) is 2. The van der Waals surface area contributed by atoms with Crippen LogP contribution in [-0.4, -0.2) is 30.7 Å². The third kappa shape index (κ3) is 1.15. The highest BCUT2D eigenvalue weighted by Crippen LogP contribution is 2.19. The number of hydrogen-bond acceptors (Lipinski definition) is 1. The minimum absolute atomic E-state index is 0.183. The molecule has 0 spiro atoms. The molecule has 0 amide bonds. The molecule has 0 N–H and O–H groups in total. The Morgan fingerprint density at radius 3 is 2.30 bits per heavy atom. The summed E-state index contributed by atoms with van der Waals surface area (Å²) in [6, 6.07) is 2.50. The van der Waals surface area contributed by atoms with E-state index in [0.29, 0.717) is 0 Å². The van der Waals surface area contributed by atoms with E-state index >= 15 is 0 Å². The van der Waals surface area contributed by atoms with Gasteiger partial charge >= 0.3 is 0 Å². The first-order chi connectivity index (χ1) is 4.69. The molecule has 0 saturated carbocycles. The lowest BCUT2D eigenvalue weighted by Gasteiger charge is -2.31. The molecule has 2 nitrogen and oxygen atoms in total. The topological polar surface area (TPSA) is 23.8 Å². The van der Waals surface area contributed by atoms with Gasteiger partial charge in [-0.15, -0.1) is 0 Å². The molecule has 1 aliphatic heterocycles. The second-order valence-corrected chi connectivity index (χ2v) is 3.44. The zero-order valence-electron chi connectivity index (χ0n) is 6.80. The van der Waals surface area contributed by atoms with Crippen molar-refractivity contribution in [3.05, 3.63) is 0 Å². The van der Waals surface area contributed by atoms with Crippen LogP contribution in [0.3, 0.4) is 0 Å². The number of nitriles is 1. The van der Waals surface area contributed by atoms with Crippen LogP contribution in [0.2, 0.25) is 0 Å². The van der Waals surface area contributed by atoms with Gasteiger partial charge in [0, 0.05) is 19.8 Å². The van der Waals surface area contributed by atoms with E-state index in [1.54, 1.807) is 0 Å². The normalized spacial score (nSPS) is 25.7. The fourth-order valence-electron chi connectivity index (χ4n) is 1.58. The molecule has 1 fully saturated rings. The van der Waals surface area contributed by atoms with Crippen LogP contribution in [0.5, 0.6) is 0 Å². The Morgan fingerprint density at radius 2 is 1.90 bits per heavy atom. The molecule has 0 bridgehead atoms. The molecule has 10 heavy (non-hydrogen) atoms. The fraction of sp³-hybridized carbons (Fsp3) is 0.875. The molecule has 0 aromatic heterocycles. The summed E-state index contributed by atoms with van der Waals surface area (Å²) >= 11 is 0. The summed E-state index contributed by atoms with van der Waals surface area (Å²) in [7, 11) is 2.18. The van der Waals surface area contributed by atoms with Crippen LogP contribution >= 0.6 is 0 Å². The minimum Gasteiger partial charge on any atom is -0.312 e. The second-order valence-electron chi connectivity index (χ2n) is 3.44. The first-order valence-corrected chi connectivity index (χ1v) is 3.93. The highest BCUT2D eigenvalue weighted by Gasteiger charge is 2.32. The predicted octanol–water partition coefficient (Wildman–Crippen LogP) is 1.14. The van der Waals surface area contributed by atoms with Crippen molar-refractivity contribution in [2.75, 3.05) is 20.1 Å². The molecule has 56 valence electrons. The van der Waals surface area contributed by atoms with Gasteiger partial charge in [-0.1, -0.05) is 0 Å². The van der Waals surface area contributed by atoms with Crippen molar-refractivity contribution in [3.63, 3.8) is 0 Å². The third-order valence-electron chi connectivity index (χ3n) is 2.71. The number of likely N-dealkylation sites (tertiary alicyclic amines) is 1. The summed E-state index contributed by atoms with van der Waals surface area (Å²) < 4.78 is 0.969. The van der Waals surface area contributed by atoms with E-state index in [0.717, 1.165) is 4.48 Å². The standard InChI is InChI=1S/C8H15N2/c1-8(7-9)10(2)5-3-4-6-10/h8H,3-6H2,1-2H3/q+1. The van der Waals surface area contributed by atoms with E-state index in [9.17, 15) is 0 Å². The van der Waals surface area contributed by atoms with Crippen LogP contribution in [-0.2, 0) is 0 Å². The van der Waals surface area contributed by atoms with Crippen molar-refractivity contribution in [2.45, 2.75) is 25.8 Å². The van der Waals surface area contributed by atoms with E-state index < -0.39 is 0 Å². The molecular weight excluding hydrogens is 124 g/mol. The highest BCUT2D eigenvalue weighted by molar-refractivity contribution is 4.81. The van der Waals surface area contributed by atoms with E-state index in [-0.39, 0.29) is 6.04 Å². The van der Waals surface area contributed by atoms with Crippen molar-refractivity contribution in [2.24, 2.45) is 0 Å². The summed E-state index contributed by atoms with van der Waals surface area (Å²) in [5.41, 5.74) is 0. The summed E-state index contributed by atoms with van der Waals surface area (Å²) in [5.74, 6) is 0. The van der Waals surface area contributed by atoms with Crippen LogP contribution in [0, 0.1) is 11.3 Å². The Morgan fingerprint density at radius 1 is 1.40 bits per heavy atom. The van der Waals surface area contributed by atoms with E-state index in [4.69, 9.17) is 5.26 Å². The smallest absolute Gasteiger partial charge is 0.173 e. The van der Waals surface area contributed by atoms with Gasteiger partial charge in [0.1, 0.15) is 6.07 Å². The lowest BCUT2D eigenvalue weighted by atomic mass is 10.3. The Kier molecular flexibility index (Phi) is 1.96. The Labute approximate surface area is 62.7 Å². The van der Waals surface area contributed by atoms with Gasteiger partial charge in [0.15, 0.2) is 6.04 Å². The van der Waals surface area contributed by atoms with Gasteiger partial charge in [-0.25, -0.2) is 0 Å². The van der Waals surface area contributed by atoms with Gasteiger partial charge in [-0.3, -0.25) is 0 Å². The summed E-state index contributed by atoms with van der Waals surface area (Å²) in [4.78, 5) is 0. The second kappa shape index (κ2) is 2.59. The zero-order chi connectivity index (χ0) is 7.61. The number of rotatable bonds is 1. The molecule has 1 atom stereocenters. The average Bonchev–Trinajstić information content (AvgIpc) is 2.36. The van der Waals surface area contributed by atoms with Crippen molar-refractivity contribution in [3.8, 4) is 6.07 Å². The molecule has 2 heteroatoms. The molecule has 1 heterocycles. The lowest BCUT2D eigenvalue weighted by Crippen LogP contribution is -2.47. The Bertz CT molecular complexity index is 151. The van der Waals surface area contributed by atoms with Gasteiger partial charge in [0.05, 0.1) is 20.1 Å². The average molecular weight is 139 g/mol. The molecule has 1 aliphatic rings. The largest absolute Gasteiger partial charge is 0.312 e. The maximum absolute atomic E-state index is 8.69. The number of hydrogen-bond donors (Lipinski definition) is 0. The molecule has 0 aromatic rings. The molecule has 0 aliphatic carbocycles. The van der Waals surface area contributed by atoms with Crippen molar-refractivity contribution >= 4 is 0 Å². The quantitative estimate of drug-likeness (QED) is 0.500. The van der Waals surface area contributed by atoms with E-state index in [1.807, 2.05) is 6.92 Å². The highest BCUT2D eigenvalue weighted by atomic mass is 15.4. The zero-order valence-corrected chi connectivity index (χ0v) is 6.80. The Hall–Kier alpha value is -0.550. The summed E-state index contributed by atoms with van der Waals surface area (Å²) in [5, 5.41) is 8.69. The summed E-state index contributed by atoms with van der Waals surface area (Å²) in [6.07, 6.45) is 2.59. The molecule has 1 saturated heterocycles. The van der Waals surface area contributed by atoms with Gasteiger partial charge in [0.2, 0.25) is 0 Å². The molecular formula is C8H15N2+. The first-order valence-electron chi connectivity index (χ1n) is 3.93. The lowest BCUT2D eigenvalue weighted by molar-refractivity contribution is -0.912. The summed E-state index contributed by atoms with van der Waals surface area (Å²) in [6.45, 7) is 4.40. The third-order valence-corrected chi connectivity index (χ3v) is 2.71. The van der Waals surface area contributed by atoms with Crippen LogP contribution in [0.25, 0.3) is 0 Å². The molecule has 1 rings (SSSR count). The van der Waals surface area contributed by atoms with Gasteiger partial charge in [-0.2, -0.15) is 5.26 Å². The maximum atomic E-state index is 8.69. The van der Waals surface area contributed by atoms with Crippen LogP contribution in [0.1, 0.15) is 19.8 Å². The first kappa shape index (κ1) is 7.56. The minimum atomic E-state index is 0.183. The predicted molar refractivity (Wildman–Crippen MR) is 40.2 cm³/mol. The van der Waals surface area contributed by atoms with Crippen molar-refractivity contribution in [1.29, 1.82) is 5.26 Å². The van der Waals surface area contributed by atoms with Crippen LogP contribution < -0.4 is 0 Å². The van der Waals surface area contributed by atoms with Gasteiger partial charge in [-0.05, 0) is 0 Å². The van der Waals surface area contributed by atoms with E-state index in [2.05, 4.69) is 13.1 Å². The van der Waals surface area contributed by atoms with Crippen LogP contribution in [0.15, 0.2) is 0 Å². The van der Waals surface area contributed by atoms with Crippen molar-refractivity contribution in [1.82, 2.24) is 0 Å². The van der Waals surface area contributed by atoms with Crippen LogP contribution in [0.4, 0.5) is 0 Å². The molecule has 0 radical (unpaired) electrons. The van der Waals surface area contributed by atoms with Crippen molar-refractivity contribution < 1.29 is 4.48 Å². The maximum Gasteiger partial charge on any atom is 0.173 e. The monoisotopic (exact) mass is 139 g/mol.